The van der Waals surface area contributed by atoms with Crippen LogP contribution in [-0.2, 0) is 25.9 Å². The van der Waals surface area contributed by atoms with Gasteiger partial charge in [0.1, 0.15) is 0 Å². The number of rotatable bonds is 4. The van der Waals surface area contributed by atoms with Crippen LogP contribution in [0.3, 0.4) is 0 Å². The highest BCUT2D eigenvalue weighted by Gasteiger charge is 2.15. The first kappa shape index (κ1) is 14.2. The molecular weight excluding hydrogens is 276 g/mol. The van der Waals surface area contributed by atoms with Gasteiger partial charge < -0.3 is 5.73 Å². The van der Waals surface area contributed by atoms with E-state index in [1.165, 1.54) is 22.3 Å². The van der Waals surface area contributed by atoms with E-state index in [2.05, 4.69) is 53.4 Å². The summed E-state index contributed by atoms with van der Waals surface area (Å²) in [4.78, 5) is 3.06. The number of thiocarbonyl (C=S) groups is 1. The van der Waals surface area contributed by atoms with Gasteiger partial charge in [-0.1, -0.05) is 60.7 Å². The van der Waals surface area contributed by atoms with Gasteiger partial charge in [0.2, 0.25) is 0 Å². The van der Waals surface area contributed by atoms with Crippen LogP contribution in [0, 0.1) is 0 Å². The molecule has 0 bridgehead atoms. The summed E-state index contributed by atoms with van der Waals surface area (Å²) in [5.41, 5.74) is 11.1. The quantitative estimate of drug-likeness (QED) is 0.879. The van der Waals surface area contributed by atoms with Crippen LogP contribution < -0.4 is 5.73 Å². The molecule has 0 aliphatic carbocycles. The predicted molar refractivity (Wildman–Crippen MR) is 91.2 cm³/mol. The SMILES string of the molecule is NC(=S)Cc1ccc(CN2CCc3ccccc3C2)cc1. The van der Waals surface area contributed by atoms with E-state index in [-0.39, 0.29) is 0 Å². The second-order valence-corrected chi connectivity index (χ2v) is 6.21. The monoisotopic (exact) mass is 296 g/mol. The third-order valence-corrected chi connectivity index (χ3v) is 4.16. The minimum absolute atomic E-state index is 0.551. The molecule has 2 N–H and O–H groups in total. The smallest absolute Gasteiger partial charge is 0.0771 e. The molecule has 0 unspecified atom stereocenters. The molecule has 0 atom stereocenters. The zero-order valence-electron chi connectivity index (χ0n) is 12.1. The fourth-order valence-corrected chi connectivity index (χ4v) is 3.08. The number of hydrogen-bond acceptors (Lipinski definition) is 2. The van der Waals surface area contributed by atoms with Gasteiger partial charge in [0.05, 0.1) is 4.99 Å². The van der Waals surface area contributed by atoms with Crippen molar-refractivity contribution in [3.05, 3.63) is 70.8 Å². The highest BCUT2D eigenvalue weighted by molar-refractivity contribution is 7.80. The summed E-state index contributed by atoms with van der Waals surface area (Å²) in [6, 6.07) is 17.4. The van der Waals surface area contributed by atoms with Crippen molar-refractivity contribution >= 4 is 17.2 Å². The Hall–Kier alpha value is -1.71. The maximum Gasteiger partial charge on any atom is 0.0771 e. The van der Waals surface area contributed by atoms with Crippen molar-refractivity contribution in [2.75, 3.05) is 6.54 Å². The summed E-state index contributed by atoms with van der Waals surface area (Å²) < 4.78 is 0. The van der Waals surface area contributed by atoms with Crippen LogP contribution in [0.4, 0.5) is 0 Å². The van der Waals surface area contributed by atoms with Crippen molar-refractivity contribution in [1.29, 1.82) is 0 Å². The molecule has 1 aliphatic rings. The van der Waals surface area contributed by atoms with Gasteiger partial charge in [0.25, 0.3) is 0 Å². The maximum absolute atomic E-state index is 5.58. The van der Waals surface area contributed by atoms with Crippen LogP contribution in [0.5, 0.6) is 0 Å². The predicted octanol–water partition coefficient (Wildman–Crippen LogP) is 3.07. The molecule has 0 saturated carbocycles. The third-order valence-electron chi connectivity index (χ3n) is 4.02. The number of hydrogen-bond donors (Lipinski definition) is 1. The van der Waals surface area contributed by atoms with Crippen molar-refractivity contribution in [3.8, 4) is 0 Å². The minimum atomic E-state index is 0.551. The topological polar surface area (TPSA) is 29.3 Å². The molecule has 1 heterocycles. The fraction of sp³-hybridized carbons (Fsp3) is 0.278. The number of nitrogens with two attached hydrogens (primary N) is 1. The summed E-state index contributed by atoms with van der Waals surface area (Å²) in [6.45, 7) is 3.18. The molecule has 0 spiro atoms. The Bertz CT molecular complexity index is 634. The summed E-state index contributed by atoms with van der Waals surface area (Å²) in [7, 11) is 0. The van der Waals surface area contributed by atoms with E-state index in [1.807, 2.05) is 0 Å². The Kier molecular flexibility index (Phi) is 4.32. The van der Waals surface area contributed by atoms with Crippen LogP contribution in [-0.4, -0.2) is 16.4 Å². The molecule has 21 heavy (non-hydrogen) atoms. The number of nitrogens with zero attached hydrogens (tertiary/aromatic N) is 1. The third kappa shape index (κ3) is 3.69. The van der Waals surface area contributed by atoms with Crippen LogP contribution >= 0.6 is 12.2 Å². The molecule has 2 nitrogen and oxygen atoms in total. The molecule has 3 rings (SSSR count). The largest absolute Gasteiger partial charge is 0.393 e. The average Bonchev–Trinajstić information content (AvgIpc) is 2.49. The molecule has 0 aromatic heterocycles. The Morgan fingerprint density at radius 3 is 2.38 bits per heavy atom. The van der Waals surface area contributed by atoms with Crippen LogP contribution in [0.25, 0.3) is 0 Å². The van der Waals surface area contributed by atoms with Gasteiger partial charge >= 0.3 is 0 Å². The van der Waals surface area contributed by atoms with Crippen molar-refractivity contribution < 1.29 is 0 Å². The molecule has 2 aromatic carbocycles. The van der Waals surface area contributed by atoms with Gasteiger partial charge in [-0.25, -0.2) is 0 Å². The standard InChI is InChI=1S/C18H20N2S/c19-18(21)11-14-5-7-15(8-6-14)12-20-10-9-16-3-1-2-4-17(16)13-20/h1-8H,9-13H2,(H2,19,21). The van der Waals surface area contributed by atoms with Gasteiger partial charge in [-0.3, -0.25) is 4.90 Å². The fourth-order valence-electron chi connectivity index (χ4n) is 2.91. The lowest BCUT2D eigenvalue weighted by molar-refractivity contribution is 0.245. The Morgan fingerprint density at radius 2 is 1.67 bits per heavy atom. The van der Waals surface area contributed by atoms with Crippen molar-refractivity contribution in [3.63, 3.8) is 0 Å². The first-order valence-electron chi connectivity index (χ1n) is 7.36. The zero-order chi connectivity index (χ0) is 14.7. The van der Waals surface area contributed by atoms with E-state index in [0.29, 0.717) is 11.4 Å². The summed E-state index contributed by atoms with van der Waals surface area (Å²) >= 11 is 4.95. The molecule has 2 aromatic rings. The number of fused-ring (bicyclic) bond motifs is 1. The second kappa shape index (κ2) is 6.37. The van der Waals surface area contributed by atoms with E-state index >= 15 is 0 Å². The molecule has 0 saturated heterocycles. The lowest BCUT2D eigenvalue weighted by Crippen LogP contribution is -2.29. The van der Waals surface area contributed by atoms with E-state index in [1.54, 1.807) is 0 Å². The normalized spacial score (nSPS) is 14.7. The van der Waals surface area contributed by atoms with Crippen molar-refractivity contribution in [2.45, 2.75) is 25.9 Å². The van der Waals surface area contributed by atoms with E-state index in [4.69, 9.17) is 18.0 Å². The average molecular weight is 296 g/mol. The molecule has 0 fully saturated rings. The van der Waals surface area contributed by atoms with Crippen molar-refractivity contribution in [2.24, 2.45) is 5.73 Å². The van der Waals surface area contributed by atoms with Gasteiger partial charge in [-0.2, -0.15) is 0 Å². The molecule has 3 heteroatoms. The summed E-state index contributed by atoms with van der Waals surface area (Å²) in [5.74, 6) is 0. The summed E-state index contributed by atoms with van der Waals surface area (Å²) in [5, 5.41) is 0. The van der Waals surface area contributed by atoms with Gasteiger partial charge in [0.15, 0.2) is 0 Å². The van der Waals surface area contributed by atoms with Gasteiger partial charge in [0, 0.05) is 26.1 Å². The Morgan fingerprint density at radius 1 is 1.00 bits per heavy atom. The molecular formula is C18H20N2S. The van der Waals surface area contributed by atoms with E-state index in [0.717, 1.165) is 26.1 Å². The highest BCUT2D eigenvalue weighted by atomic mass is 32.1. The molecule has 1 aliphatic heterocycles. The van der Waals surface area contributed by atoms with Crippen molar-refractivity contribution in [1.82, 2.24) is 4.90 Å². The summed E-state index contributed by atoms with van der Waals surface area (Å²) in [6.07, 6.45) is 1.84. The molecule has 108 valence electrons. The number of benzene rings is 2. The van der Waals surface area contributed by atoms with Crippen LogP contribution in [0.2, 0.25) is 0 Å². The lowest BCUT2D eigenvalue weighted by atomic mass is 9.99. The van der Waals surface area contributed by atoms with Gasteiger partial charge in [-0.15, -0.1) is 0 Å². The molecule has 0 amide bonds. The van der Waals surface area contributed by atoms with Gasteiger partial charge in [-0.05, 0) is 28.7 Å². The maximum atomic E-state index is 5.58. The highest BCUT2D eigenvalue weighted by Crippen LogP contribution is 2.20. The van der Waals surface area contributed by atoms with E-state index in [9.17, 15) is 0 Å². The lowest BCUT2D eigenvalue weighted by Gasteiger charge is -2.28. The minimum Gasteiger partial charge on any atom is -0.393 e. The first-order chi connectivity index (χ1) is 10.2. The molecule has 0 radical (unpaired) electrons. The zero-order valence-corrected chi connectivity index (χ0v) is 12.9. The van der Waals surface area contributed by atoms with E-state index < -0.39 is 0 Å². The Labute approximate surface area is 131 Å². The van der Waals surface area contributed by atoms with Crippen LogP contribution in [0.1, 0.15) is 22.3 Å². The second-order valence-electron chi connectivity index (χ2n) is 5.69. The first-order valence-corrected chi connectivity index (χ1v) is 7.77. The Balaban J connectivity index is 1.64. The van der Waals surface area contributed by atoms with Crippen LogP contribution in [0.15, 0.2) is 48.5 Å².